The average Bonchev–Trinajstić information content (AvgIpc) is 2.35. The van der Waals surface area contributed by atoms with Crippen molar-refractivity contribution in [3.8, 4) is 0 Å². The summed E-state index contributed by atoms with van der Waals surface area (Å²) < 4.78 is 5.29. The lowest BCUT2D eigenvalue weighted by atomic mass is 10.0. The van der Waals surface area contributed by atoms with Crippen molar-refractivity contribution in [2.75, 3.05) is 7.11 Å². The highest BCUT2D eigenvalue weighted by Crippen LogP contribution is 2.14. The van der Waals surface area contributed by atoms with Crippen molar-refractivity contribution in [1.82, 2.24) is 5.32 Å². The normalized spacial score (nSPS) is 14.9. The summed E-state index contributed by atoms with van der Waals surface area (Å²) in [7, 11) is 1.75. The standard InChI is InChI=1S/C15H25NO/c1-11(2)15-8-6-14(7-9-15)10-16-12(3)13(4)17-5/h6-9,11-13,16H,10H2,1-5H3. The van der Waals surface area contributed by atoms with Gasteiger partial charge in [0.1, 0.15) is 0 Å². The van der Waals surface area contributed by atoms with Crippen LogP contribution in [-0.2, 0) is 11.3 Å². The van der Waals surface area contributed by atoms with Crippen LogP contribution < -0.4 is 5.32 Å². The minimum Gasteiger partial charge on any atom is -0.380 e. The van der Waals surface area contributed by atoms with Crippen molar-refractivity contribution < 1.29 is 4.74 Å². The quantitative estimate of drug-likeness (QED) is 0.816. The Bertz CT molecular complexity index is 318. The molecule has 0 amide bonds. The Morgan fingerprint density at radius 3 is 2.12 bits per heavy atom. The number of ether oxygens (including phenoxy) is 1. The first-order chi connectivity index (χ1) is 8.04. The van der Waals surface area contributed by atoms with Crippen LogP contribution in [0, 0.1) is 0 Å². The molecule has 1 rings (SSSR count). The van der Waals surface area contributed by atoms with Crippen LogP contribution in [0.15, 0.2) is 24.3 Å². The molecule has 0 aliphatic heterocycles. The van der Waals surface area contributed by atoms with Crippen molar-refractivity contribution in [3.05, 3.63) is 35.4 Å². The van der Waals surface area contributed by atoms with E-state index in [0.717, 1.165) is 6.54 Å². The molecule has 2 unspecified atom stereocenters. The molecule has 0 saturated carbocycles. The van der Waals surface area contributed by atoms with Gasteiger partial charge in [0, 0.05) is 19.7 Å². The predicted octanol–water partition coefficient (Wildman–Crippen LogP) is 3.32. The lowest BCUT2D eigenvalue weighted by Gasteiger charge is -2.20. The van der Waals surface area contributed by atoms with Crippen LogP contribution in [-0.4, -0.2) is 19.3 Å². The third kappa shape index (κ3) is 4.49. The van der Waals surface area contributed by atoms with Gasteiger partial charge < -0.3 is 10.1 Å². The number of benzene rings is 1. The maximum atomic E-state index is 5.29. The van der Waals surface area contributed by atoms with Crippen molar-refractivity contribution in [2.45, 2.75) is 52.3 Å². The summed E-state index contributed by atoms with van der Waals surface area (Å²) in [4.78, 5) is 0. The van der Waals surface area contributed by atoms with Crippen LogP contribution in [0.1, 0.15) is 44.7 Å². The van der Waals surface area contributed by atoms with Crippen molar-refractivity contribution in [3.63, 3.8) is 0 Å². The third-order valence-corrected chi connectivity index (χ3v) is 3.35. The summed E-state index contributed by atoms with van der Waals surface area (Å²) in [5.41, 5.74) is 2.72. The molecule has 0 radical (unpaired) electrons. The van der Waals surface area contributed by atoms with E-state index in [1.54, 1.807) is 7.11 Å². The van der Waals surface area contributed by atoms with Crippen LogP contribution in [0.25, 0.3) is 0 Å². The molecule has 0 spiro atoms. The summed E-state index contributed by atoms with van der Waals surface area (Å²) in [6.07, 6.45) is 0.241. The Kier molecular flexibility index (Phi) is 5.66. The van der Waals surface area contributed by atoms with Gasteiger partial charge >= 0.3 is 0 Å². The molecular formula is C15H25NO. The molecule has 0 heterocycles. The van der Waals surface area contributed by atoms with E-state index in [2.05, 4.69) is 57.3 Å². The maximum absolute atomic E-state index is 5.29. The van der Waals surface area contributed by atoms with Crippen LogP contribution in [0.5, 0.6) is 0 Å². The van der Waals surface area contributed by atoms with E-state index in [1.165, 1.54) is 11.1 Å². The zero-order valence-corrected chi connectivity index (χ0v) is 11.7. The lowest BCUT2D eigenvalue weighted by molar-refractivity contribution is 0.0882. The zero-order chi connectivity index (χ0) is 12.8. The fraction of sp³-hybridized carbons (Fsp3) is 0.600. The minimum absolute atomic E-state index is 0.241. The summed E-state index contributed by atoms with van der Waals surface area (Å²) >= 11 is 0. The van der Waals surface area contributed by atoms with Crippen LogP contribution in [0.3, 0.4) is 0 Å². The second-order valence-electron chi connectivity index (χ2n) is 5.01. The molecule has 1 aromatic rings. The molecule has 96 valence electrons. The van der Waals surface area contributed by atoms with E-state index in [0.29, 0.717) is 12.0 Å². The van der Waals surface area contributed by atoms with Gasteiger partial charge in [-0.3, -0.25) is 0 Å². The number of hydrogen-bond acceptors (Lipinski definition) is 2. The maximum Gasteiger partial charge on any atom is 0.0693 e. The van der Waals surface area contributed by atoms with Gasteiger partial charge in [-0.1, -0.05) is 38.1 Å². The summed E-state index contributed by atoms with van der Waals surface area (Å²) in [6, 6.07) is 9.20. The molecule has 0 aliphatic carbocycles. The largest absolute Gasteiger partial charge is 0.380 e. The van der Waals surface area contributed by atoms with Gasteiger partial charge in [0.15, 0.2) is 0 Å². The highest BCUT2D eigenvalue weighted by Gasteiger charge is 2.09. The fourth-order valence-electron chi connectivity index (χ4n) is 1.67. The molecule has 17 heavy (non-hydrogen) atoms. The topological polar surface area (TPSA) is 21.3 Å². The molecule has 1 aromatic carbocycles. The zero-order valence-electron chi connectivity index (χ0n) is 11.7. The molecule has 2 atom stereocenters. The fourth-order valence-corrected chi connectivity index (χ4v) is 1.67. The number of methoxy groups -OCH3 is 1. The first-order valence-corrected chi connectivity index (χ1v) is 6.39. The van der Waals surface area contributed by atoms with E-state index in [1.807, 2.05) is 0 Å². The lowest BCUT2D eigenvalue weighted by Crippen LogP contribution is -2.36. The van der Waals surface area contributed by atoms with Gasteiger partial charge in [0.25, 0.3) is 0 Å². The van der Waals surface area contributed by atoms with Gasteiger partial charge in [-0.15, -0.1) is 0 Å². The first-order valence-electron chi connectivity index (χ1n) is 6.39. The Hall–Kier alpha value is -0.860. The molecule has 0 saturated heterocycles. The van der Waals surface area contributed by atoms with Crippen molar-refractivity contribution in [2.24, 2.45) is 0 Å². The summed E-state index contributed by atoms with van der Waals surface area (Å²) in [6.45, 7) is 9.56. The highest BCUT2D eigenvalue weighted by molar-refractivity contribution is 5.24. The molecule has 0 aliphatic rings. The smallest absolute Gasteiger partial charge is 0.0693 e. The predicted molar refractivity (Wildman–Crippen MR) is 73.3 cm³/mol. The van der Waals surface area contributed by atoms with Crippen LogP contribution in [0.4, 0.5) is 0 Å². The van der Waals surface area contributed by atoms with Gasteiger partial charge in [0.2, 0.25) is 0 Å². The molecule has 0 fully saturated rings. The second kappa shape index (κ2) is 6.77. The number of nitrogens with one attached hydrogen (secondary N) is 1. The van der Waals surface area contributed by atoms with E-state index in [4.69, 9.17) is 4.74 Å². The first kappa shape index (κ1) is 14.2. The average molecular weight is 235 g/mol. The Balaban J connectivity index is 2.47. The Labute approximate surface area is 105 Å². The SMILES string of the molecule is COC(C)C(C)NCc1ccc(C(C)C)cc1. The van der Waals surface area contributed by atoms with E-state index >= 15 is 0 Å². The van der Waals surface area contributed by atoms with Crippen molar-refractivity contribution in [1.29, 1.82) is 0 Å². The molecule has 2 nitrogen and oxygen atoms in total. The summed E-state index contributed by atoms with van der Waals surface area (Å²) in [5, 5.41) is 3.47. The minimum atomic E-state index is 0.241. The highest BCUT2D eigenvalue weighted by atomic mass is 16.5. The number of hydrogen-bond donors (Lipinski definition) is 1. The summed E-state index contributed by atoms with van der Waals surface area (Å²) in [5.74, 6) is 0.601. The van der Waals surface area contributed by atoms with E-state index in [9.17, 15) is 0 Å². The van der Waals surface area contributed by atoms with Gasteiger partial charge in [-0.05, 0) is 30.9 Å². The van der Waals surface area contributed by atoms with Gasteiger partial charge in [0.05, 0.1) is 6.10 Å². The molecular weight excluding hydrogens is 210 g/mol. The van der Waals surface area contributed by atoms with Crippen molar-refractivity contribution >= 4 is 0 Å². The molecule has 0 bridgehead atoms. The third-order valence-electron chi connectivity index (χ3n) is 3.35. The second-order valence-corrected chi connectivity index (χ2v) is 5.01. The monoisotopic (exact) mass is 235 g/mol. The van der Waals surface area contributed by atoms with Crippen LogP contribution >= 0.6 is 0 Å². The van der Waals surface area contributed by atoms with Gasteiger partial charge in [-0.2, -0.15) is 0 Å². The van der Waals surface area contributed by atoms with Gasteiger partial charge in [-0.25, -0.2) is 0 Å². The van der Waals surface area contributed by atoms with Crippen LogP contribution in [0.2, 0.25) is 0 Å². The van der Waals surface area contributed by atoms with E-state index < -0.39 is 0 Å². The number of rotatable bonds is 6. The molecule has 0 aromatic heterocycles. The molecule has 2 heteroatoms. The van der Waals surface area contributed by atoms with E-state index in [-0.39, 0.29) is 6.10 Å². The Morgan fingerprint density at radius 1 is 1.06 bits per heavy atom. The Morgan fingerprint density at radius 2 is 1.65 bits per heavy atom. The molecule has 1 N–H and O–H groups in total.